The van der Waals surface area contributed by atoms with Crippen molar-refractivity contribution in [1.82, 2.24) is 15.1 Å². The summed E-state index contributed by atoms with van der Waals surface area (Å²) in [5.41, 5.74) is 2.72. The third-order valence-corrected chi connectivity index (χ3v) is 5.81. The molecule has 1 aromatic carbocycles. The van der Waals surface area contributed by atoms with E-state index in [-0.39, 0.29) is 17.1 Å². The molecule has 0 saturated carbocycles. The van der Waals surface area contributed by atoms with E-state index in [0.29, 0.717) is 32.5 Å². The average Bonchev–Trinajstić information content (AvgIpc) is 2.73. The first kappa shape index (κ1) is 18.7. The molecule has 7 nitrogen and oxygen atoms in total. The predicted molar refractivity (Wildman–Crippen MR) is 103 cm³/mol. The highest BCUT2D eigenvalue weighted by atomic mass is 16.5. The number of hydrogen-bond donors (Lipinski definition) is 1. The second-order valence-corrected chi connectivity index (χ2v) is 7.41. The molecular weight excluding hydrogens is 358 g/mol. The lowest BCUT2D eigenvalue weighted by Gasteiger charge is -2.45. The molecule has 2 aromatic rings. The lowest BCUT2D eigenvalue weighted by molar-refractivity contribution is -0.140. The molecule has 2 aliphatic heterocycles. The number of hydrogen-bond acceptors (Lipinski definition) is 5. The second kappa shape index (κ2) is 7.75. The van der Waals surface area contributed by atoms with E-state index in [0.717, 1.165) is 30.7 Å². The van der Waals surface area contributed by atoms with Crippen LogP contribution in [-0.2, 0) is 28.0 Å². The summed E-state index contributed by atoms with van der Waals surface area (Å²) in [5, 5.41) is 6.37. The van der Waals surface area contributed by atoms with Crippen LogP contribution in [0.3, 0.4) is 0 Å². The van der Waals surface area contributed by atoms with Crippen molar-refractivity contribution in [1.29, 1.82) is 0 Å². The van der Waals surface area contributed by atoms with Crippen molar-refractivity contribution in [2.45, 2.75) is 37.7 Å². The molecular formula is C21H25N3O4. The SMILES string of the molecule is COc1ccc2c(c1)CCOC21CCN(C(=O)CCc2ccc(=O)[nH]n2)CC1. The summed E-state index contributed by atoms with van der Waals surface area (Å²) < 4.78 is 11.6. The Hall–Kier alpha value is -2.67. The van der Waals surface area contributed by atoms with E-state index in [1.807, 2.05) is 11.0 Å². The number of amides is 1. The molecule has 2 aliphatic rings. The average molecular weight is 383 g/mol. The summed E-state index contributed by atoms with van der Waals surface area (Å²) in [4.78, 5) is 25.6. The number of carbonyl (C=O) groups excluding carboxylic acids is 1. The van der Waals surface area contributed by atoms with Gasteiger partial charge in [-0.1, -0.05) is 6.07 Å². The van der Waals surface area contributed by atoms with Gasteiger partial charge in [0.25, 0.3) is 5.56 Å². The Balaban J connectivity index is 1.39. The number of nitrogens with one attached hydrogen (secondary N) is 1. The first-order valence-electron chi connectivity index (χ1n) is 9.73. The van der Waals surface area contributed by atoms with Crippen molar-refractivity contribution in [2.24, 2.45) is 0 Å². The molecule has 3 heterocycles. The predicted octanol–water partition coefficient (Wildman–Crippen LogP) is 1.80. The molecule has 0 aliphatic carbocycles. The number of fused-ring (bicyclic) bond motifs is 2. The highest BCUT2D eigenvalue weighted by Gasteiger charge is 2.41. The minimum absolute atomic E-state index is 0.119. The summed E-state index contributed by atoms with van der Waals surface area (Å²) in [7, 11) is 1.68. The number of nitrogens with zero attached hydrogens (tertiary/aromatic N) is 2. The zero-order valence-corrected chi connectivity index (χ0v) is 16.1. The molecule has 1 fully saturated rings. The van der Waals surface area contributed by atoms with Crippen LogP contribution in [-0.4, -0.2) is 47.8 Å². The monoisotopic (exact) mass is 383 g/mol. The van der Waals surface area contributed by atoms with Crippen LogP contribution >= 0.6 is 0 Å². The van der Waals surface area contributed by atoms with Crippen molar-refractivity contribution >= 4 is 5.91 Å². The van der Waals surface area contributed by atoms with Crippen molar-refractivity contribution in [3.05, 3.63) is 57.5 Å². The zero-order chi connectivity index (χ0) is 19.6. The van der Waals surface area contributed by atoms with E-state index >= 15 is 0 Å². The first-order chi connectivity index (χ1) is 13.6. The Kier molecular flexibility index (Phi) is 5.17. The maximum Gasteiger partial charge on any atom is 0.264 e. The molecule has 28 heavy (non-hydrogen) atoms. The van der Waals surface area contributed by atoms with Gasteiger partial charge in [0.05, 0.1) is 25.0 Å². The van der Waals surface area contributed by atoms with Gasteiger partial charge in [-0.2, -0.15) is 5.10 Å². The highest BCUT2D eigenvalue weighted by molar-refractivity contribution is 5.76. The number of aryl methyl sites for hydroxylation is 1. The van der Waals surface area contributed by atoms with E-state index in [4.69, 9.17) is 9.47 Å². The van der Waals surface area contributed by atoms with E-state index in [9.17, 15) is 9.59 Å². The van der Waals surface area contributed by atoms with E-state index in [1.165, 1.54) is 17.2 Å². The number of carbonyl (C=O) groups is 1. The lowest BCUT2D eigenvalue weighted by atomic mass is 9.79. The molecule has 1 N–H and O–H groups in total. The number of H-pyrrole nitrogens is 1. The quantitative estimate of drug-likeness (QED) is 0.870. The first-order valence-corrected chi connectivity index (χ1v) is 9.73. The van der Waals surface area contributed by atoms with Crippen molar-refractivity contribution < 1.29 is 14.3 Å². The van der Waals surface area contributed by atoms with Crippen molar-refractivity contribution in [2.75, 3.05) is 26.8 Å². The summed E-state index contributed by atoms with van der Waals surface area (Å²) >= 11 is 0. The smallest absolute Gasteiger partial charge is 0.264 e. The third kappa shape index (κ3) is 3.67. The van der Waals surface area contributed by atoms with Gasteiger partial charge in [0, 0.05) is 32.0 Å². The van der Waals surface area contributed by atoms with Crippen LogP contribution in [0.5, 0.6) is 5.75 Å². The number of methoxy groups -OCH3 is 1. The van der Waals surface area contributed by atoms with E-state index < -0.39 is 0 Å². The van der Waals surface area contributed by atoms with Crippen LogP contribution in [0.15, 0.2) is 35.1 Å². The molecule has 1 aromatic heterocycles. The number of likely N-dealkylation sites (tertiary alicyclic amines) is 1. The fourth-order valence-electron chi connectivity index (χ4n) is 4.22. The second-order valence-electron chi connectivity index (χ2n) is 7.41. The molecule has 4 rings (SSSR count). The van der Waals surface area contributed by atoms with Gasteiger partial charge in [-0.3, -0.25) is 9.59 Å². The number of piperidine rings is 1. The minimum atomic E-state index is -0.295. The summed E-state index contributed by atoms with van der Waals surface area (Å²) in [5.74, 6) is 0.993. The Bertz CT molecular complexity index is 896. The van der Waals surface area contributed by atoms with Gasteiger partial charge < -0.3 is 14.4 Å². The van der Waals surface area contributed by atoms with Gasteiger partial charge in [0.2, 0.25) is 5.91 Å². The van der Waals surface area contributed by atoms with Crippen LogP contribution in [0, 0.1) is 0 Å². The standard InChI is InChI=1S/C21H25N3O4/c1-27-17-4-5-18-15(14-17)8-13-28-21(18)9-11-24(12-10-21)20(26)7-3-16-2-6-19(25)23-22-16/h2,4-6,14H,3,7-13H2,1H3,(H,23,25). The molecule has 0 atom stereocenters. The molecule has 1 saturated heterocycles. The number of ether oxygens (including phenoxy) is 2. The van der Waals surface area contributed by atoms with Crippen LogP contribution in [0.4, 0.5) is 0 Å². The lowest BCUT2D eigenvalue weighted by Crippen LogP contribution is -2.48. The number of rotatable bonds is 4. The largest absolute Gasteiger partial charge is 0.497 e. The Morgan fingerprint density at radius 1 is 1.29 bits per heavy atom. The van der Waals surface area contributed by atoms with Gasteiger partial charge in [-0.05, 0) is 48.6 Å². The van der Waals surface area contributed by atoms with Crippen LogP contribution < -0.4 is 10.3 Å². The maximum absolute atomic E-state index is 12.6. The van der Waals surface area contributed by atoms with Gasteiger partial charge >= 0.3 is 0 Å². The number of aromatic amines is 1. The topological polar surface area (TPSA) is 84.5 Å². The normalized spacial score (nSPS) is 18.0. The van der Waals surface area contributed by atoms with Crippen LogP contribution in [0.1, 0.15) is 36.1 Å². The molecule has 7 heteroatoms. The zero-order valence-electron chi connectivity index (χ0n) is 16.1. The van der Waals surface area contributed by atoms with Crippen molar-refractivity contribution in [3.8, 4) is 5.75 Å². The summed E-state index contributed by atoms with van der Waals surface area (Å²) in [6.45, 7) is 2.07. The fourth-order valence-corrected chi connectivity index (χ4v) is 4.22. The van der Waals surface area contributed by atoms with Gasteiger partial charge in [-0.25, -0.2) is 5.10 Å². The molecule has 0 unspecified atom stereocenters. The van der Waals surface area contributed by atoms with Gasteiger partial charge in [-0.15, -0.1) is 0 Å². The molecule has 0 bridgehead atoms. The fraction of sp³-hybridized carbons (Fsp3) is 0.476. The van der Waals surface area contributed by atoms with Crippen LogP contribution in [0.25, 0.3) is 0 Å². The van der Waals surface area contributed by atoms with Gasteiger partial charge in [0.1, 0.15) is 5.75 Å². The summed E-state index contributed by atoms with van der Waals surface area (Å²) in [6.07, 6.45) is 3.41. The van der Waals surface area contributed by atoms with Crippen LogP contribution in [0.2, 0.25) is 0 Å². The Morgan fingerprint density at radius 2 is 2.11 bits per heavy atom. The molecule has 1 spiro atoms. The third-order valence-electron chi connectivity index (χ3n) is 5.81. The van der Waals surface area contributed by atoms with E-state index in [2.05, 4.69) is 22.3 Å². The summed E-state index contributed by atoms with van der Waals surface area (Å²) in [6, 6.07) is 9.31. The Labute approximate surface area is 163 Å². The number of aromatic nitrogens is 2. The molecule has 1 amide bonds. The molecule has 0 radical (unpaired) electrons. The number of benzene rings is 1. The maximum atomic E-state index is 12.6. The van der Waals surface area contributed by atoms with E-state index in [1.54, 1.807) is 13.2 Å². The van der Waals surface area contributed by atoms with Gasteiger partial charge in [0.15, 0.2) is 0 Å². The Morgan fingerprint density at radius 3 is 2.82 bits per heavy atom. The van der Waals surface area contributed by atoms with Crippen molar-refractivity contribution in [3.63, 3.8) is 0 Å². The highest BCUT2D eigenvalue weighted by Crippen LogP contribution is 2.42. The molecule has 148 valence electrons. The minimum Gasteiger partial charge on any atom is -0.497 e.